The van der Waals surface area contributed by atoms with E-state index in [1.807, 2.05) is 74.5 Å². The largest absolute Gasteiger partial charge is 0.457 e. The highest BCUT2D eigenvalue weighted by Crippen LogP contribution is 2.30. The fraction of sp³-hybridized carbons (Fsp3) is 0.200. The van der Waals surface area contributed by atoms with Crippen molar-refractivity contribution in [2.75, 3.05) is 17.4 Å². The lowest BCUT2D eigenvalue weighted by atomic mass is 10.0. The van der Waals surface area contributed by atoms with E-state index in [0.29, 0.717) is 33.7 Å². The number of hydrogen-bond acceptors (Lipinski definition) is 5. The Bertz CT molecular complexity index is 2010. The van der Waals surface area contributed by atoms with Gasteiger partial charge in [0.2, 0.25) is 11.8 Å². The Balaban J connectivity index is 1.56. The number of halogens is 2. The zero-order chi connectivity index (χ0) is 36.4. The van der Waals surface area contributed by atoms with Crippen molar-refractivity contribution >= 4 is 50.7 Å². The minimum atomic E-state index is -4.27. The molecule has 11 heteroatoms. The molecule has 0 saturated heterocycles. The summed E-state index contributed by atoms with van der Waals surface area (Å²) in [4.78, 5) is 30.1. The normalized spacial score (nSPS) is 11.9. The van der Waals surface area contributed by atoms with Gasteiger partial charge in [-0.15, -0.1) is 0 Å². The molecule has 8 nitrogen and oxygen atoms in total. The van der Waals surface area contributed by atoms with Crippen molar-refractivity contribution in [1.82, 2.24) is 10.2 Å². The molecule has 1 atom stereocenters. The van der Waals surface area contributed by atoms with Crippen molar-refractivity contribution in [3.8, 4) is 11.5 Å². The molecule has 5 aromatic rings. The third-order valence-corrected chi connectivity index (χ3v) is 10.4. The molecule has 0 radical (unpaired) electrons. The van der Waals surface area contributed by atoms with E-state index in [0.717, 1.165) is 9.87 Å². The number of benzene rings is 5. The second-order valence-corrected chi connectivity index (χ2v) is 15.0. The predicted octanol–water partition coefficient (Wildman–Crippen LogP) is 8.39. The summed E-state index contributed by atoms with van der Waals surface area (Å²) in [6.07, 6.45) is 0.179. The van der Waals surface area contributed by atoms with Crippen LogP contribution in [0.25, 0.3) is 0 Å². The quantitative estimate of drug-likeness (QED) is 0.116. The van der Waals surface area contributed by atoms with Gasteiger partial charge in [-0.2, -0.15) is 0 Å². The number of rotatable bonds is 15. The first-order valence-electron chi connectivity index (χ1n) is 16.5. The Labute approximate surface area is 309 Å². The maximum absolute atomic E-state index is 14.7. The molecule has 2 amide bonds. The van der Waals surface area contributed by atoms with E-state index in [1.54, 1.807) is 60.7 Å². The Hall–Kier alpha value is -4.83. The van der Waals surface area contributed by atoms with Crippen molar-refractivity contribution in [1.29, 1.82) is 0 Å². The number of hydrogen-bond donors (Lipinski definition) is 1. The second kappa shape index (κ2) is 17.4. The van der Waals surface area contributed by atoms with Crippen LogP contribution in [0.5, 0.6) is 11.5 Å². The van der Waals surface area contributed by atoms with E-state index >= 15 is 0 Å². The first kappa shape index (κ1) is 37.4. The molecular formula is C40H39Cl2N3O5S. The highest BCUT2D eigenvalue weighted by Gasteiger charge is 2.35. The average Bonchev–Trinajstić information content (AvgIpc) is 3.13. The Morgan fingerprint density at radius 1 is 0.765 bits per heavy atom. The molecule has 0 aliphatic heterocycles. The minimum Gasteiger partial charge on any atom is -0.457 e. The molecule has 0 unspecified atom stereocenters. The summed E-state index contributed by atoms with van der Waals surface area (Å²) in [7, 11) is -4.27. The van der Waals surface area contributed by atoms with Crippen LogP contribution in [0, 0.1) is 5.92 Å². The highest BCUT2D eigenvalue weighted by atomic mass is 35.5. The monoisotopic (exact) mass is 743 g/mol. The van der Waals surface area contributed by atoms with E-state index in [-0.39, 0.29) is 35.4 Å². The van der Waals surface area contributed by atoms with Crippen molar-refractivity contribution in [2.24, 2.45) is 5.92 Å². The third kappa shape index (κ3) is 10.1. The smallest absolute Gasteiger partial charge is 0.264 e. The van der Waals surface area contributed by atoms with Crippen molar-refractivity contribution in [3.63, 3.8) is 0 Å². The van der Waals surface area contributed by atoms with Gasteiger partial charge < -0.3 is 15.0 Å². The summed E-state index contributed by atoms with van der Waals surface area (Å²) in [6, 6.07) is 36.8. The maximum atomic E-state index is 14.7. The van der Waals surface area contributed by atoms with Crippen molar-refractivity contribution in [3.05, 3.63) is 155 Å². The average molecular weight is 745 g/mol. The van der Waals surface area contributed by atoms with Gasteiger partial charge in [0.25, 0.3) is 10.0 Å². The number of sulfonamides is 1. The van der Waals surface area contributed by atoms with E-state index in [4.69, 9.17) is 27.9 Å². The first-order chi connectivity index (χ1) is 24.5. The van der Waals surface area contributed by atoms with Gasteiger partial charge in [0.05, 0.1) is 10.6 Å². The number of anilines is 1. The van der Waals surface area contributed by atoms with Gasteiger partial charge in [-0.05, 0) is 77.7 Å². The second-order valence-electron chi connectivity index (χ2n) is 12.3. The van der Waals surface area contributed by atoms with Gasteiger partial charge in [0.1, 0.15) is 24.1 Å². The van der Waals surface area contributed by atoms with Gasteiger partial charge in [-0.25, -0.2) is 8.42 Å². The first-order valence-corrected chi connectivity index (χ1v) is 18.7. The van der Waals surface area contributed by atoms with Gasteiger partial charge in [-0.3, -0.25) is 13.9 Å². The van der Waals surface area contributed by atoms with Crippen molar-refractivity contribution in [2.45, 2.75) is 37.8 Å². The minimum absolute atomic E-state index is 0.00483. The van der Waals surface area contributed by atoms with Crippen molar-refractivity contribution < 1.29 is 22.7 Å². The number of carbonyl (C=O) groups is 2. The molecule has 0 spiro atoms. The van der Waals surface area contributed by atoms with Crippen LogP contribution >= 0.6 is 23.2 Å². The number of carbonyl (C=O) groups excluding carboxylic acids is 2. The van der Waals surface area contributed by atoms with Crippen LogP contribution in [0.2, 0.25) is 10.0 Å². The van der Waals surface area contributed by atoms with Crippen LogP contribution in [0.1, 0.15) is 25.0 Å². The van der Waals surface area contributed by atoms with E-state index in [1.165, 1.54) is 17.0 Å². The molecule has 0 aromatic heterocycles. The molecule has 5 aromatic carbocycles. The van der Waals surface area contributed by atoms with Gasteiger partial charge in [0.15, 0.2) is 0 Å². The standard InChI is InChI=1S/C40H39Cl2N3O5S/c1-29(2)26-43-40(47)38(24-30-12-6-3-7-13-30)44(27-31-18-19-32(41)25-37(31)42)39(46)28-45(51(48,49)36-16-10-5-11-17-36)33-20-22-35(23-21-33)50-34-14-8-4-9-15-34/h3-23,25,29,38H,24,26-28H2,1-2H3,(H,43,47)/t38-/m1/s1. The Morgan fingerprint density at radius 3 is 1.96 bits per heavy atom. The molecule has 0 aliphatic carbocycles. The highest BCUT2D eigenvalue weighted by molar-refractivity contribution is 7.92. The van der Waals surface area contributed by atoms with E-state index < -0.39 is 28.5 Å². The predicted molar refractivity (Wildman–Crippen MR) is 203 cm³/mol. The summed E-state index contributed by atoms with van der Waals surface area (Å²) < 4.78 is 35.6. The molecule has 51 heavy (non-hydrogen) atoms. The summed E-state index contributed by atoms with van der Waals surface area (Å²) in [6.45, 7) is 3.66. The number of para-hydroxylation sites is 1. The van der Waals surface area contributed by atoms with Crippen LogP contribution in [-0.2, 0) is 32.6 Å². The molecule has 0 heterocycles. The SMILES string of the molecule is CC(C)CNC(=O)[C@@H](Cc1ccccc1)N(Cc1ccc(Cl)cc1Cl)C(=O)CN(c1ccc(Oc2ccccc2)cc1)S(=O)(=O)c1ccccc1. The molecule has 5 rings (SSSR count). The molecule has 0 aliphatic rings. The van der Waals surface area contributed by atoms with Gasteiger partial charge in [-0.1, -0.05) is 110 Å². The third-order valence-electron chi connectivity index (χ3n) is 8.03. The van der Waals surface area contributed by atoms with Gasteiger partial charge >= 0.3 is 0 Å². The van der Waals surface area contributed by atoms with Crippen LogP contribution in [-0.4, -0.2) is 44.3 Å². The molecule has 1 N–H and O–H groups in total. The zero-order valence-electron chi connectivity index (χ0n) is 28.3. The van der Waals surface area contributed by atoms with Gasteiger partial charge in [0, 0.05) is 29.6 Å². The fourth-order valence-electron chi connectivity index (χ4n) is 5.36. The van der Waals surface area contributed by atoms with Crippen LogP contribution < -0.4 is 14.4 Å². The maximum Gasteiger partial charge on any atom is 0.264 e. The lowest BCUT2D eigenvalue weighted by Crippen LogP contribution is -2.53. The number of amides is 2. The Morgan fingerprint density at radius 2 is 1.35 bits per heavy atom. The summed E-state index contributed by atoms with van der Waals surface area (Å²) in [5, 5.41) is 3.71. The summed E-state index contributed by atoms with van der Waals surface area (Å²) in [5.74, 6) is 0.279. The number of nitrogens with one attached hydrogen (secondary N) is 1. The number of nitrogens with zero attached hydrogens (tertiary/aromatic N) is 2. The summed E-state index contributed by atoms with van der Waals surface area (Å²) >= 11 is 12.8. The lowest BCUT2D eigenvalue weighted by molar-refractivity contribution is -0.140. The molecule has 0 fully saturated rings. The fourth-order valence-corrected chi connectivity index (χ4v) is 7.27. The topological polar surface area (TPSA) is 96.0 Å². The molecule has 0 bridgehead atoms. The van der Waals surface area contributed by atoms with E-state index in [2.05, 4.69) is 5.32 Å². The lowest BCUT2D eigenvalue weighted by Gasteiger charge is -2.34. The van der Waals surface area contributed by atoms with E-state index in [9.17, 15) is 18.0 Å². The number of ether oxygens (including phenoxy) is 1. The van der Waals surface area contributed by atoms with Crippen LogP contribution in [0.4, 0.5) is 5.69 Å². The summed E-state index contributed by atoms with van der Waals surface area (Å²) in [5.41, 5.74) is 1.61. The zero-order valence-corrected chi connectivity index (χ0v) is 30.6. The molecule has 264 valence electrons. The van der Waals surface area contributed by atoms with Crippen LogP contribution in [0.3, 0.4) is 0 Å². The van der Waals surface area contributed by atoms with Crippen LogP contribution in [0.15, 0.2) is 138 Å². The molecular weight excluding hydrogens is 705 g/mol. The Kier molecular flexibility index (Phi) is 12.8. The molecule has 0 saturated carbocycles.